The first-order chi connectivity index (χ1) is 9.69. The first-order valence-electron chi connectivity index (χ1n) is 7.16. The number of ether oxygens (including phenoxy) is 1. The zero-order chi connectivity index (χ0) is 16.0. The molecule has 21 heavy (non-hydrogen) atoms. The summed E-state index contributed by atoms with van der Waals surface area (Å²) in [6.07, 6.45) is 1.01. The summed E-state index contributed by atoms with van der Waals surface area (Å²) in [4.78, 5) is 34.0. The van der Waals surface area contributed by atoms with Gasteiger partial charge in [-0.1, -0.05) is 0 Å². The van der Waals surface area contributed by atoms with E-state index < -0.39 is 23.6 Å². The molecule has 7 nitrogen and oxygen atoms in total. The molecular weight excluding hydrogens is 276 g/mol. The average Bonchev–Trinajstić information content (AvgIpc) is 2.81. The van der Waals surface area contributed by atoms with Gasteiger partial charge in [-0.3, -0.25) is 9.59 Å². The first-order valence-corrected chi connectivity index (χ1v) is 7.16. The third kappa shape index (κ3) is 6.46. The first kappa shape index (κ1) is 17.3. The maximum Gasteiger partial charge on any atom is 0.407 e. The van der Waals surface area contributed by atoms with Crippen molar-refractivity contribution in [2.75, 3.05) is 13.1 Å². The number of carbonyl (C=O) groups excluding carboxylic acids is 2. The van der Waals surface area contributed by atoms with Gasteiger partial charge in [0.05, 0.1) is 5.92 Å². The number of hydrogen-bond donors (Lipinski definition) is 3. The topological polar surface area (TPSA) is 105 Å². The second kappa shape index (κ2) is 7.28. The fourth-order valence-corrected chi connectivity index (χ4v) is 2.25. The highest BCUT2D eigenvalue weighted by atomic mass is 16.6. The highest BCUT2D eigenvalue weighted by molar-refractivity contribution is 5.80. The fourth-order valence-electron chi connectivity index (χ4n) is 2.25. The highest BCUT2D eigenvalue weighted by Gasteiger charge is 2.33. The fraction of sp³-hybridized carbons (Fsp3) is 0.786. The molecule has 0 aromatic heterocycles. The Hall–Kier alpha value is -1.79. The maximum absolute atomic E-state index is 11.8. The summed E-state index contributed by atoms with van der Waals surface area (Å²) in [6, 6.07) is 0. The van der Waals surface area contributed by atoms with Crippen LogP contribution in [0.3, 0.4) is 0 Å². The van der Waals surface area contributed by atoms with Crippen LogP contribution in [-0.2, 0) is 14.3 Å². The van der Waals surface area contributed by atoms with Crippen molar-refractivity contribution in [3.8, 4) is 0 Å². The van der Waals surface area contributed by atoms with Gasteiger partial charge in [0.25, 0.3) is 0 Å². The standard InChI is InChI=1S/C14H24N2O5/c1-14(2,3)21-13(20)16-7-6-15-11(17)9-4-5-10(8-9)12(18)19/h9-10H,4-8H2,1-3H3,(H,15,17)(H,16,20)(H,18,19). The number of aliphatic carboxylic acids is 1. The molecule has 2 atom stereocenters. The molecule has 0 saturated heterocycles. The number of carboxylic acid groups (broad SMARTS) is 1. The van der Waals surface area contributed by atoms with Gasteiger partial charge in [0.1, 0.15) is 5.60 Å². The van der Waals surface area contributed by atoms with E-state index in [0.717, 1.165) is 0 Å². The summed E-state index contributed by atoms with van der Waals surface area (Å²) in [5, 5.41) is 14.1. The van der Waals surface area contributed by atoms with Crippen LogP contribution in [-0.4, -0.2) is 41.8 Å². The van der Waals surface area contributed by atoms with Gasteiger partial charge in [-0.05, 0) is 40.0 Å². The second-order valence-corrected chi connectivity index (χ2v) is 6.26. The van der Waals surface area contributed by atoms with Crippen molar-refractivity contribution >= 4 is 18.0 Å². The maximum atomic E-state index is 11.8. The van der Waals surface area contributed by atoms with Crippen LogP contribution < -0.4 is 10.6 Å². The lowest BCUT2D eigenvalue weighted by Gasteiger charge is -2.19. The molecule has 0 aromatic carbocycles. The van der Waals surface area contributed by atoms with Gasteiger partial charge < -0.3 is 20.5 Å². The normalized spacial score (nSPS) is 21.7. The molecule has 0 aromatic rings. The van der Waals surface area contributed by atoms with Gasteiger partial charge >= 0.3 is 12.1 Å². The van der Waals surface area contributed by atoms with Crippen LogP contribution in [0.5, 0.6) is 0 Å². The Labute approximate surface area is 124 Å². The molecule has 1 rings (SSSR count). The molecule has 0 aliphatic heterocycles. The zero-order valence-electron chi connectivity index (χ0n) is 12.8. The third-order valence-electron chi connectivity index (χ3n) is 3.25. The van der Waals surface area contributed by atoms with Crippen LogP contribution in [0, 0.1) is 11.8 Å². The monoisotopic (exact) mass is 300 g/mol. The van der Waals surface area contributed by atoms with E-state index in [1.165, 1.54) is 0 Å². The van der Waals surface area contributed by atoms with Crippen LogP contribution in [0.4, 0.5) is 4.79 Å². The quantitative estimate of drug-likeness (QED) is 0.660. The van der Waals surface area contributed by atoms with Crippen molar-refractivity contribution in [3.63, 3.8) is 0 Å². The predicted molar refractivity (Wildman–Crippen MR) is 75.7 cm³/mol. The van der Waals surface area contributed by atoms with E-state index in [4.69, 9.17) is 9.84 Å². The van der Waals surface area contributed by atoms with Crippen LogP contribution >= 0.6 is 0 Å². The second-order valence-electron chi connectivity index (χ2n) is 6.26. The molecule has 120 valence electrons. The summed E-state index contributed by atoms with van der Waals surface area (Å²) in [5.74, 6) is -1.64. The van der Waals surface area contributed by atoms with Gasteiger partial charge in [-0.25, -0.2) is 4.79 Å². The Kier molecular flexibility index (Phi) is 5.99. The Morgan fingerprint density at radius 2 is 1.67 bits per heavy atom. The van der Waals surface area contributed by atoms with E-state index in [1.807, 2.05) is 0 Å². The minimum absolute atomic E-state index is 0.148. The lowest BCUT2D eigenvalue weighted by Crippen LogP contribution is -2.39. The van der Waals surface area contributed by atoms with E-state index >= 15 is 0 Å². The van der Waals surface area contributed by atoms with Crippen molar-refractivity contribution in [1.29, 1.82) is 0 Å². The molecule has 7 heteroatoms. The van der Waals surface area contributed by atoms with E-state index in [-0.39, 0.29) is 18.4 Å². The molecule has 1 aliphatic carbocycles. The molecule has 1 aliphatic rings. The summed E-state index contributed by atoms with van der Waals surface area (Å²) in [7, 11) is 0. The summed E-state index contributed by atoms with van der Waals surface area (Å²) < 4.78 is 5.06. The minimum Gasteiger partial charge on any atom is -0.481 e. The Morgan fingerprint density at radius 3 is 2.19 bits per heavy atom. The number of nitrogens with one attached hydrogen (secondary N) is 2. The number of carbonyl (C=O) groups is 3. The molecular formula is C14H24N2O5. The van der Waals surface area contributed by atoms with Crippen molar-refractivity contribution in [2.45, 2.75) is 45.6 Å². The van der Waals surface area contributed by atoms with Gasteiger partial charge in [0.15, 0.2) is 0 Å². The molecule has 0 heterocycles. The van der Waals surface area contributed by atoms with E-state index in [2.05, 4.69) is 10.6 Å². The molecule has 0 bridgehead atoms. The lowest BCUT2D eigenvalue weighted by molar-refractivity contribution is -0.141. The zero-order valence-corrected chi connectivity index (χ0v) is 12.8. The molecule has 0 spiro atoms. The summed E-state index contributed by atoms with van der Waals surface area (Å²) >= 11 is 0. The SMILES string of the molecule is CC(C)(C)OC(=O)NCCNC(=O)C1CCC(C(=O)O)C1. The predicted octanol–water partition coefficient (Wildman–Crippen LogP) is 1.13. The van der Waals surface area contributed by atoms with Crippen molar-refractivity contribution in [2.24, 2.45) is 11.8 Å². The molecule has 3 N–H and O–H groups in total. The van der Waals surface area contributed by atoms with Crippen LogP contribution in [0.25, 0.3) is 0 Å². The van der Waals surface area contributed by atoms with E-state index in [1.54, 1.807) is 20.8 Å². The van der Waals surface area contributed by atoms with Gasteiger partial charge in [-0.2, -0.15) is 0 Å². The number of alkyl carbamates (subject to hydrolysis) is 1. The van der Waals surface area contributed by atoms with Crippen LogP contribution in [0.2, 0.25) is 0 Å². The smallest absolute Gasteiger partial charge is 0.407 e. The lowest BCUT2D eigenvalue weighted by atomic mass is 10.0. The minimum atomic E-state index is -0.836. The van der Waals surface area contributed by atoms with E-state index in [9.17, 15) is 14.4 Å². The molecule has 1 saturated carbocycles. The number of hydrogen-bond acceptors (Lipinski definition) is 4. The van der Waals surface area contributed by atoms with Gasteiger partial charge in [0, 0.05) is 19.0 Å². The summed E-state index contributed by atoms with van der Waals surface area (Å²) in [5.41, 5.74) is -0.553. The number of rotatable bonds is 5. The molecule has 2 unspecified atom stereocenters. The van der Waals surface area contributed by atoms with Crippen molar-refractivity contribution in [3.05, 3.63) is 0 Å². The van der Waals surface area contributed by atoms with Gasteiger partial charge in [-0.15, -0.1) is 0 Å². The van der Waals surface area contributed by atoms with Gasteiger partial charge in [0.2, 0.25) is 5.91 Å². The Balaban J connectivity index is 2.17. The largest absolute Gasteiger partial charge is 0.481 e. The third-order valence-corrected chi connectivity index (χ3v) is 3.25. The summed E-state index contributed by atoms with van der Waals surface area (Å²) in [6.45, 7) is 5.88. The Bertz CT molecular complexity index is 403. The van der Waals surface area contributed by atoms with Crippen molar-refractivity contribution < 1.29 is 24.2 Å². The number of amides is 2. The molecule has 1 fully saturated rings. The van der Waals surface area contributed by atoms with E-state index in [0.29, 0.717) is 25.8 Å². The molecule has 2 amide bonds. The van der Waals surface area contributed by atoms with Crippen LogP contribution in [0.1, 0.15) is 40.0 Å². The molecule has 0 radical (unpaired) electrons. The Morgan fingerprint density at radius 1 is 1.10 bits per heavy atom. The van der Waals surface area contributed by atoms with Crippen molar-refractivity contribution in [1.82, 2.24) is 10.6 Å². The van der Waals surface area contributed by atoms with Crippen LogP contribution in [0.15, 0.2) is 0 Å². The number of carboxylic acids is 1. The highest BCUT2D eigenvalue weighted by Crippen LogP contribution is 2.30. The average molecular weight is 300 g/mol.